The van der Waals surface area contributed by atoms with Crippen molar-refractivity contribution in [2.45, 2.75) is 56.1 Å². The van der Waals surface area contributed by atoms with Gasteiger partial charge in [0.1, 0.15) is 6.61 Å². The molecule has 0 radical (unpaired) electrons. The number of hydrogen-bond donors (Lipinski definition) is 2. The van der Waals surface area contributed by atoms with Crippen LogP contribution in [0.15, 0.2) is 54.6 Å². The number of hydrogen-bond acceptors (Lipinski definition) is 3. The Labute approximate surface area is 165 Å². The Kier molecular flexibility index (Phi) is 4.20. The largest absolute Gasteiger partial charge is 0.444 e. The van der Waals surface area contributed by atoms with Crippen molar-refractivity contribution < 1.29 is 14.6 Å². The molecule has 1 amide bonds. The molecule has 2 N–H and O–H groups in total. The smallest absolute Gasteiger partial charge is 0.411 e. The lowest BCUT2D eigenvalue weighted by molar-refractivity contribution is -0.136. The third kappa shape index (κ3) is 3.30. The molecular formula is C24H27NO3. The van der Waals surface area contributed by atoms with E-state index in [9.17, 15) is 9.90 Å². The van der Waals surface area contributed by atoms with E-state index in [1.54, 1.807) is 0 Å². The van der Waals surface area contributed by atoms with Crippen molar-refractivity contribution in [3.63, 3.8) is 0 Å². The predicted molar refractivity (Wildman–Crippen MR) is 108 cm³/mol. The molecule has 0 spiro atoms. The molecule has 0 aliphatic heterocycles. The fourth-order valence-corrected chi connectivity index (χ4v) is 6.34. The molecule has 2 atom stereocenters. The third-order valence-electron chi connectivity index (χ3n) is 6.99. The van der Waals surface area contributed by atoms with E-state index >= 15 is 0 Å². The van der Waals surface area contributed by atoms with Crippen molar-refractivity contribution in [3.8, 4) is 0 Å². The Morgan fingerprint density at radius 2 is 1.68 bits per heavy atom. The average molecular weight is 377 g/mol. The van der Waals surface area contributed by atoms with Crippen LogP contribution in [0.1, 0.15) is 49.7 Å². The first kappa shape index (κ1) is 17.7. The topological polar surface area (TPSA) is 58.6 Å². The molecule has 4 bridgehead atoms. The summed E-state index contributed by atoms with van der Waals surface area (Å²) in [6.07, 6.45) is 6.09. The zero-order valence-electron chi connectivity index (χ0n) is 16.1. The fraction of sp³-hybridized carbons (Fsp3) is 0.458. The van der Waals surface area contributed by atoms with Crippen LogP contribution in [0.3, 0.4) is 0 Å². The highest BCUT2D eigenvalue weighted by Gasteiger charge is 2.57. The maximum atomic E-state index is 12.1. The number of carbonyl (C=O) groups is 1. The van der Waals surface area contributed by atoms with Gasteiger partial charge in [-0.2, -0.15) is 0 Å². The van der Waals surface area contributed by atoms with Crippen molar-refractivity contribution in [1.82, 2.24) is 0 Å². The molecule has 0 aromatic heterocycles. The Morgan fingerprint density at radius 1 is 1.00 bits per heavy atom. The normalized spacial score (nSPS) is 32.9. The zero-order valence-corrected chi connectivity index (χ0v) is 16.1. The lowest BCUT2D eigenvalue weighted by Crippen LogP contribution is -2.57. The molecule has 6 rings (SSSR count). The van der Waals surface area contributed by atoms with Crippen molar-refractivity contribution in [1.29, 1.82) is 0 Å². The van der Waals surface area contributed by atoms with Crippen LogP contribution in [0.2, 0.25) is 0 Å². The van der Waals surface area contributed by atoms with Crippen molar-refractivity contribution in [3.05, 3.63) is 65.7 Å². The van der Waals surface area contributed by atoms with Crippen LogP contribution in [0.25, 0.3) is 0 Å². The summed E-state index contributed by atoms with van der Waals surface area (Å²) in [6, 6.07) is 17.8. The summed E-state index contributed by atoms with van der Waals surface area (Å²) in [5, 5.41) is 13.8. The Morgan fingerprint density at radius 3 is 2.32 bits per heavy atom. The van der Waals surface area contributed by atoms with Crippen LogP contribution in [0.4, 0.5) is 10.5 Å². The van der Waals surface area contributed by atoms with Gasteiger partial charge in [-0.15, -0.1) is 0 Å². The summed E-state index contributed by atoms with van der Waals surface area (Å²) in [5.41, 5.74) is 2.68. The van der Waals surface area contributed by atoms with Gasteiger partial charge in [0.2, 0.25) is 0 Å². The van der Waals surface area contributed by atoms with Crippen molar-refractivity contribution >= 4 is 11.8 Å². The third-order valence-corrected chi connectivity index (χ3v) is 6.99. The lowest BCUT2D eigenvalue weighted by atomic mass is 9.46. The van der Waals surface area contributed by atoms with Gasteiger partial charge in [0.15, 0.2) is 0 Å². The van der Waals surface area contributed by atoms with Gasteiger partial charge >= 0.3 is 6.09 Å². The number of rotatable bonds is 4. The van der Waals surface area contributed by atoms with Crippen LogP contribution in [-0.4, -0.2) is 16.8 Å². The van der Waals surface area contributed by atoms with Gasteiger partial charge < -0.3 is 9.84 Å². The van der Waals surface area contributed by atoms with Crippen LogP contribution in [-0.2, 0) is 16.8 Å². The second-order valence-corrected chi connectivity index (χ2v) is 9.23. The van der Waals surface area contributed by atoms with Crippen LogP contribution in [0.5, 0.6) is 0 Å². The van der Waals surface area contributed by atoms with Gasteiger partial charge in [-0.05, 0) is 79.0 Å². The van der Waals surface area contributed by atoms with Gasteiger partial charge in [0, 0.05) is 5.69 Å². The highest BCUT2D eigenvalue weighted by molar-refractivity contribution is 5.84. The molecule has 4 saturated carbocycles. The maximum Gasteiger partial charge on any atom is 0.411 e. The number of nitrogens with one attached hydrogen (secondary N) is 1. The van der Waals surface area contributed by atoms with Gasteiger partial charge in [0.25, 0.3) is 0 Å². The monoisotopic (exact) mass is 377 g/mol. The molecular weight excluding hydrogens is 350 g/mol. The molecule has 4 nitrogen and oxygen atoms in total. The summed E-state index contributed by atoms with van der Waals surface area (Å²) in [5.74, 6) is 1.33. The van der Waals surface area contributed by atoms with Gasteiger partial charge in [-0.3, -0.25) is 5.32 Å². The molecule has 4 aliphatic carbocycles. The number of carbonyl (C=O) groups excluding carboxylic acids is 1. The highest BCUT2D eigenvalue weighted by Crippen LogP contribution is 2.62. The summed E-state index contributed by atoms with van der Waals surface area (Å²) in [7, 11) is 0. The van der Waals surface area contributed by atoms with E-state index in [2.05, 4.69) is 17.4 Å². The van der Waals surface area contributed by atoms with Crippen molar-refractivity contribution in [2.75, 3.05) is 5.32 Å². The van der Waals surface area contributed by atoms with E-state index in [0.29, 0.717) is 11.8 Å². The van der Waals surface area contributed by atoms with Crippen LogP contribution < -0.4 is 5.32 Å². The van der Waals surface area contributed by atoms with E-state index in [1.165, 1.54) is 24.8 Å². The molecule has 2 aromatic rings. The first-order valence-corrected chi connectivity index (χ1v) is 10.3. The standard InChI is InChI=1S/C24H27NO3/c26-22(28-15-17-4-2-1-3-5-17)25-21-8-6-20(7-9-21)23-11-18-10-19(12-23)14-24(27,13-18)16-23/h1-9,18-19,27H,10-16H2,(H,25,26). The molecule has 4 fully saturated rings. The molecule has 0 heterocycles. The number of aliphatic hydroxyl groups is 1. The second kappa shape index (κ2) is 6.63. The van der Waals surface area contributed by atoms with E-state index in [0.717, 1.165) is 30.5 Å². The van der Waals surface area contributed by atoms with E-state index in [-0.39, 0.29) is 12.0 Å². The number of ether oxygens (including phenoxy) is 1. The number of benzene rings is 2. The maximum absolute atomic E-state index is 12.1. The predicted octanol–water partition coefficient (Wildman–Crippen LogP) is 5.02. The lowest BCUT2D eigenvalue weighted by Gasteiger charge is -2.60. The molecule has 4 heteroatoms. The minimum absolute atomic E-state index is 0.116. The van der Waals surface area contributed by atoms with Crippen LogP contribution >= 0.6 is 0 Å². The summed E-state index contributed by atoms with van der Waals surface area (Å²) >= 11 is 0. The van der Waals surface area contributed by atoms with Gasteiger partial charge in [-0.25, -0.2) is 4.79 Å². The SMILES string of the molecule is O=C(Nc1ccc(C23CC4CC(CC(O)(C4)C2)C3)cc1)OCc1ccccc1. The van der Waals surface area contributed by atoms with E-state index in [1.807, 2.05) is 42.5 Å². The zero-order chi connectivity index (χ0) is 19.2. The first-order chi connectivity index (χ1) is 13.5. The van der Waals surface area contributed by atoms with Gasteiger partial charge in [0.05, 0.1) is 5.60 Å². The highest BCUT2D eigenvalue weighted by atomic mass is 16.5. The van der Waals surface area contributed by atoms with Crippen molar-refractivity contribution in [2.24, 2.45) is 11.8 Å². The van der Waals surface area contributed by atoms with Crippen LogP contribution in [0, 0.1) is 11.8 Å². The minimum atomic E-state index is -0.456. The summed E-state index contributed by atoms with van der Waals surface area (Å²) in [4.78, 5) is 12.1. The fourth-order valence-electron chi connectivity index (χ4n) is 6.34. The number of amides is 1. The second-order valence-electron chi connectivity index (χ2n) is 9.23. The molecule has 0 saturated heterocycles. The average Bonchev–Trinajstić information content (AvgIpc) is 2.66. The molecule has 146 valence electrons. The Hall–Kier alpha value is -2.33. The molecule has 2 unspecified atom stereocenters. The minimum Gasteiger partial charge on any atom is -0.444 e. The quantitative estimate of drug-likeness (QED) is 0.787. The van der Waals surface area contributed by atoms with E-state index in [4.69, 9.17) is 4.74 Å². The molecule has 4 aliphatic rings. The Balaban J connectivity index is 1.24. The number of anilines is 1. The molecule has 28 heavy (non-hydrogen) atoms. The van der Waals surface area contributed by atoms with Gasteiger partial charge in [-0.1, -0.05) is 42.5 Å². The summed E-state index contributed by atoms with van der Waals surface area (Å²) < 4.78 is 5.29. The summed E-state index contributed by atoms with van der Waals surface area (Å²) in [6.45, 7) is 0.259. The first-order valence-electron chi connectivity index (χ1n) is 10.3. The Bertz CT molecular complexity index is 847. The van der Waals surface area contributed by atoms with E-state index < -0.39 is 11.7 Å². The molecule has 2 aromatic carbocycles.